The van der Waals surface area contributed by atoms with Gasteiger partial charge in [0.1, 0.15) is 5.51 Å². The van der Waals surface area contributed by atoms with Crippen LogP contribution in [0, 0.1) is 5.92 Å². The summed E-state index contributed by atoms with van der Waals surface area (Å²) < 4.78 is 0. The highest BCUT2D eigenvalue weighted by molar-refractivity contribution is 7.13. The van der Waals surface area contributed by atoms with E-state index in [-0.39, 0.29) is 0 Å². The number of nitrogens with one attached hydrogen (secondary N) is 1. The smallest absolute Gasteiger partial charge is 0.205 e. The molecule has 1 heterocycles. The van der Waals surface area contributed by atoms with Crippen molar-refractivity contribution in [3.8, 4) is 0 Å². The molecule has 0 aromatic carbocycles. The molecule has 0 radical (unpaired) electrons. The molecular formula is C8H13N3S. The van der Waals surface area contributed by atoms with Crippen LogP contribution in [-0.2, 0) is 0 Å². The highest BCUT2D eigenvalue weighted by atomic mass is 32.1. The van der Waals surface area contributed by atoms with Crippen molar-refractivity contribution in [2.45, 2.75) is 25.7 Å². The molecule has 12 heavy (non-hydrogen) atoms. The third kappa shape index (κ3) is 2.44. The lowest BCUT2D eigenvalue weighted by atomic mass is 10.2. The Morgan fingerprint density at radius 1 is 1.58 bits per heavy atom. The summed E-state index contributed by atoms with van der Waals surface area (Å²) in [6, 6.07) is 0. The predicted molar refractivity (Wildman–Crippen MR) is 50.4 cm³/mol. The Morgan fingerprint density at radius 2 is 2.50 bits per heavy atom. The van der Waals surface area contributed by atoms with E-state index >= 15 is 0 Å². The Morgan fingerprint density at radius 3 is 3.17 bits per heavy atom. The molecule has 1 N–H and O–H groups in total. The van der Waals surface area contributed by atoms with Crippen molar-refractivity contribution in [2.75, 3.05) is 11.9 Å². The van der Waals surface area contributed by atoms with E-state index in [4.69, 9.17) is 0 Å². The van der Waals surface area contributed by atoms with Crippen LogP contribution in [0.1, 0.15) is 25.7 Å². The summed E-state index contributed by atoms with van der Waals surface area (Å²) in [7, 11) is 0. The van der Waals surface area contributed by atoms with Gasteiger partial charge in [-0.3, -0.25) is 0 Å². The second-order valence-corrected chi connectivity index (χ2v) is 4.09. The summed E-state index contributed by atoms with van der Waals surface area (Å²) >= 11 is 1.56. The third-order valence-electron chi connectivity index (χ3n) is 2.12. The van der Waals surface area contributed by atoms with E-state index in [0.717, 1.165) is 17.6 Å². The normalized spacial score (nSPS) is 16.3. The maximum atomic E-state index is 3.91. The maximum Gasteiger partial charge on any atom is 0.205 e. The molecule has 0 unspecified atom stereocenters. The van der Waals surface area contributed by atoms with Gasteiger partial charge in [-0.1, -0.05) is 24.2 Å². The van der Waals surface area contributed by atoms with Gasteiger partial charge >= 0.3 is 0 Å². The third-order valence-corrected chi connectivity index (χ3v) is 2.77. The van der Waals surface area contributed by atoms with Gasteiger partial charge in [0, 0.05) is 6.54 Å². The molecule has 1 saturated carbocycles. The number of hydrogen-bond donors (Lipinski definition) is 1. The first kappa shape index (κ1) is 7.98. The van der Waals surface area contributed by atoms with Crippen LogP contribution in [0.15, 0.2) is 5.51 Å². The summed E-state index contributed by atoms with van der Waals surface area (Å²) in [4.78, 5) is 0. The van der Waals surface area contributed by atoms with Gasteiger partial charge in [-0.25, -0.2) is 0 Å². The minimum Gasteiger partial charge on any atom is -0.360 e. The monoisotopic (exact) mass is 183 g/mol. The molecule has 0 spiro atoms. The fraction of sp³-hybridized carbons (Fsp3) is 0.750. The van der Waals surface area contributed by atoms with Crippen molar-refractivity contribution < 1.29 is 0 Å². The van der Waals surface area contributed by atoms with Gasteiger partial charge in [0.25, 0.3) is 0 Å². The second kappa shape index (κ2) is 3.85. The summed E-state index contributed by atoms with van der Waals surface area (Å²) in [6.45, 7) is 1.05. The zero-order chi connectivity index (χ0) is 8.23. The van der Waals surface area contributed by atoms with Crippen molar-refractivity contribution in [1.82, 2.24) is 10.2 Å². The Hall–Kier alpha value is -0.640. The van der Waals surface area contributed by atoms with Gasteiger partial charge in [0.15, 0.2) is 0 Å². The van der Waals surface area contributed by atoms with Crippen LogP contribution in [0.3, 0.4) is 0 Å². The van der Waals surface area contributed by atoms with Crippen LogP contribution in [0.25, 0.3) is 0 Å². The molecular weight excluding hydrogens is 170 g/mol. The van der Waals surface area contributed by atoms with E-state index < -0.39 is 0 Å². The Kier molecular flexibility index (Phi) is 2.56. The van der Waals surface area contributed by atoms with Crippen molar-refractivity contribution in [1.29, 1.82) is 0 Å². The molecule has 1 aromatic heterocycles. The Labute approximate surface area is 76.2 Å². The average molecular weight is 183 g/mol. The molecule has 4 heteroatoms. The first-order valence-corrected chi connectivity index (χ1v) is 5.33. The van der Waals surface area contributed by atoms with Crippen LogP contribution in [0.2, 0.25) is 0 Å². The number of nitrogens with zero attached hydrogens (tertiary/aromatic N) is 2. The zero-order valence-electron chi connectivity index (χ0n) is 6.99. The van der Waals surface area contributed by atoms with Gasteiger partial charge < -0.3 is 5.32 Å². The topological polar surface area (TPSA) is 37.8 Å². The fourth-order valence-electron chi connectivity index (χ4n) is 1.24. The number of rotatable bonds is 5. The number of hydrogen-bond acceptors (Lipinski definition) is 4. The molecule has 3 nitrogen and oxygen atoms in total. The molecule has 66 valence electrons. The molecule has 1 aliphatic rings. The number of aromatic nitrogens is 2. The largest absolute Gasteiger partial charge is 0.360 e. The quantitative estimate of drug-likeness (QED) is 0.711. The van der Waals surface area contributed by atoms with Crippen LogP contribution >= 0.6 is 11.3 Å². The van der Waals surface area contributed by atoms with E-state index in [9.17, 15) is 0 Å². The maximum absolute atomic E-state index is 3.91. The summed E-state index contributed by atoms with van der Waals surface area (Å²) in [5.41, 5.74) is 1.75. The highest BCUT2D eigenvalue weighted by Gasteiger charge is 2.19. The molecule has 0 aliphatic heterocycles. The molecule has 0 amide bonds. The van der Waals surface area contributed by atoms with Crippen LogP contribution < -0.4 is 5.32 Å². The lowest BCUT2D eigenvalue weighted by molar-refractivity contribution is 0.687. The second-order valence-electron chi connectivity index (χ2n) is 3.26. The molecule has 0 bridgehead atoms. The number of anilines is 1. The van der Waals surface area contributed by atoms with Crippen LogP contribution in [0.5, 0.6) is 0 Å². The molecule has 0 saturated heterocycles. The van der Waals surface area contributed by atoms with E-state index in [0.29, 0.717) is 0 Å². The SMILES string of the molecule is c1nnc(NCCCC2CC2)s1. The fourth-order valence-corrected chi connectivity index (χ4v) is 1.72. The highest BCUT2D eigenvalue weighted by Crippen LogP contribution is 2.33. The van der Waals surface area contributed by atoms with Crippen molar-refractivity contribution in [3.63, 3.8) is 0 Å². The molecule has 1 aromatic rings. The zero-order valence-corrected chi connectivity index (χ0v) is 7.81. The van der Waals surface area contributed by atoms with Crippen LogP contribution in [-0.4, -0.2) is 16.7 Å². The minimum absolute atomic E-state index is 0.950. The van der Waals surface area contributed by atoms with Gasteiger partial charge in [0.2, 0.25) is 5.13 Å². The van der Waals surface area contributed by atoms with Gasteiger partial charge in [-0.15, -0.1) is 10.2 Å². The predicted octanol–water partition coefficient (Wildman–Crippen LogP) is 2.14. The lowest BCUT2D eigenvalue weighted by Gasteiger charge is -1.99. The molecule has 1 aliphatic carbocycles. The van der Waals surface area contributed by atoms with E-state index in [2.05, 4.69) is 15.5 Å². The Bertz CT molecular complexity index is 218. The first-order valence-electron chi connectivity index (χ1n) is 4.45. The van der Waals surface area contributed by atoms with E-state index in [1.54, 1.807) is 16.8 Å². The summed E-state index contributed by atoms with van der Waals surface area (Å²) in [6.07, 6.45) is 5.56. The van der Waals surface area contributed by atoms with E-state index in [1.807, 2.05) is 0 Å². The first-order chi connectivity index (χ1) is 5.95. The molecule has 1 fully saturated rings. The Balaban J connectivity index is 1.56. The molecule has 0 atom stereocenters. The minimum atomic E-state index is 0.950. The van der Waals surface area contributed by atoms with Gasteiger partial charge in [-0.2, -0.15) is 0 Å². The van der Waals surface area contributed by atoms with Crippen molar-refractivity contribution in [3.05, 3.63) is 5.51 Å². The molecule has 2 rings (SSSR count). The lowest BCUT2D eigenvalue weighted by Crippen LogP contribution is -2.01. The van der Waals surface area contributed by atoms with Crippen LogP contribution in [0.4, 0.5) is 5.13 Å². The van der Waals surface area contributed by atoms with E-state index in [1.165, 1.54) is 25.7 Å². The summed E-state index contributed by atoms with van der Waals surface area (Å²) in [5.74, 6) is 1.04. The van der Waals surface area contributed by atoms with Gasteiger partial charge in [-0.05, 0) is 18.8 Å². The van der Waals surface area contributed by atoms with Gasteiger partial charge in [0.05, 0.1) is 0 Å². The van der Waals surface area contributed by atoms with Crippen molar-refractivity contribution >= 4 is 16.5 Å². The standard InChI is InChI=1S/C8H13N3S/c1(2-7-3-4-7)5-9-8-11-10-6-12-8/h6-7H,1-5H2,(H,9,11). The van der Waals surface area contributed by atoms with Crippen molar-refractivity contribution in [2.24, 2.45) is 5.92 Å². The average Bonchev–Trinajstić information content (AvgIpc) is 2.76. The summed E-state index contributed by atoms with van der Waals surface area (Å²) in [5, 5.41) is 11.9.